The SMILES string of the molecule is COC(=O)[C@@]12CC=C3[C@]4(C)CC[C@H]5[C@](C)(COC(C)=O)[C@@H](OC(C)=O)CC[C@]5(C)[C@H]4[C@H](OC(C)=O)C[C@@]3(C)[C@@H]1CC(C)(C)CC2. The number of carbonyl (C=O) groups is 4. The Morgan fingerprint density at radius 2 is 1.44 bits per heavy atom. The summed E-state index contributed by atoms with van der Waals surface area (Å²) in [6, 6.07) is 0. The summed E-state index contributed by atoms with van der Waals surface area (Å²) in [6.07, 6.45) is 8.80. The number of hydrogen-bond donors (Lipinski definition) is 0. The minimum Gasteiger partial charge on any atom is -0.469 e. The average molecular weight is 629 g/mol. The van der Waals surface area contributed by atoms with Crippen LogP contribution in [-0.2, 0) is 38.1 Å². The second kappa shape index (κ2) is 11.1. The Kier molecular flexibility index (Phi) is 8.39. The molecule has 45 heavy (non-hydrogen) atoms. The molecule has 5 aliphatic carbocycles. The van der Waals surface area contributed by atoms with Crippen molar-refractivity contribution in [1.82, 2.24) is 0 Å². The zero-order valence-corrected chi connectivity index (χ0v) is 29.3. The van der Waals surface area contributed by atoms with E-state index in [1.807, 2.05) is 0 Å². The third-order valence-electron chi connectivity index (χ3n) is 13.8. The summed E-state index contributed by atoms with van der Waals surface area (Å²) >= 11 is 0. The number of esters is 4. The van der Waals surface area contributed by atoms with Gasteiger partial charge in [0.1, 0.15) is 18.8 Å². The molecule has 5 aliphatic rings. The van der Waals surface area contributed by atoms with Gasteiger partial charge < -0.3 is 18.9 Å². The highest BCUT2D eigenvalue weighted by atomic mass is 16.6. The lowest BCUT2D eigenvalue weighted by Crippen LogP contribution is -2.68. The highest BCUT2D eigenvalue weighted by Gasteiger charge is 2.72. The molecule has 0 spiro atoms. The lowest BCUT2D eigenvalue weighted by molar-refractivity contribution is -0.239. The van der Waals surface area contributed by atoms with Gasteiger partial charge in [0.15, 0.2) is 0 Å². The molecule has 0 radical (unpaired) electrons. The Morgan fingerprint density at radius 1 is 0.778 bits per heavy atom. The van der Waals surface area contributed by atoms with Crippen molar-refractivity contribution in [1.29, 1.82) is 0 Å². The fraction of sp³-hybridized carbons (Fsp3) is 0.838. The number of methoxy groups -OCH3 is 1. The molecular formula is C37H56O8. The summed E-state index contributed by atoms with van der Waals surface area (Å²) in [4.78, 5) is 50.9. The standard InChI is InChI=1S/C37H56O8/c1-22(38)43-21-36(9)27-11-14-33(6)26-12-16-37(31(41)42-10)18-17-32(4,5)20-28(37)35(26,8)19-25(44-23(2)39)30(33)34(27,7)15-13-29(36)45-24(3)40/h12,25,27-30H,11,13-21H2,1-10H3/t25-,27-,28+,29+,30+,33+,34+,35-,36+,37-/m1/s1. The Morgan fingerprint density at radius 3 is 2.04 bits per heavy atom. The van der Waals surface area contributed by atoms with Gasteiger partial charge in [-0.3, -0.25) is 19.2 Å². The van der Waals surface area contributed by atoms with Crippen LogP contribution < -0.4 is 0 Å². The van der Waals surface area contributed by atoms with E-state index in [1.54, 1.807) is 0 Å². The van der Waals surface area contributed by atoms with Crippen molar-refractivity contribution in [2.75, 3.05) is 13.7 Å². The molecule has 0 heterocycles. The summed E-state index contributed by atoms with van der Waals surface area (Å²) < 4.78 is 23.6. The zero-order chi connectivity index (χ0) is 33.4. The highest BCUT2D eigenvalue weighted by Crippen LogP contribution is 2.75. The Bertz CT molecular complexity index is 1280. The molecule has 0 aromatic heterocycles. The van der Waals surface area contributed by atoms with E-state index in [1.165, 1.54) is 33.5 Å². The number of rotatable bonds is 5. The van der Waals surface area contributed by atoms with Crippen LogP contribution in [0.3, 0.4) is 0 Å². The number of hydrogen-bond acceptors (Lipinski definition) is 8. The van der Waals surface area contributed by atoms with Crippen LogP contribution in [0.1, 0.15) is 120 Å². The van der Waals surface area contributed by atoms with Gasteiger partial charge in [0.2, 0.25) is 0 Å². The Labute approximate surface area is 269 Å². The summed E-state index contributed by atoms with van der Waals surface area (Å²) in [5, 5.41) is 0. The van der Waals surface area contributed by atoms with Crippen molar-refractivity contribution in [3.05, 3.63) is 11.6 Å². The van der Waals surface area contributed by atoms with Gasteiger partial charge in [-0.25, -0.2) is 0 Å². The van der Waals surface area contributed by atoms with Crippen LogP contribution in [-0.4, -0.2) is 49.8 Å². The smallest absolute Gasteiger partial charge is 0.312 e. The lowest BCUT2D eigenvalue weighted by Gasteiger charge is -2.71. The molecule has 0 bridgehead atoms. The van der Waals surface area contributed by atoms with Gasteiger partial charge in [-0.1, -0.05) is 53.2 Å². The fourth-order valence-electron chi connectivity index (χ4n) is 12.2. The van der Waals surface area contributed by atoms with Crippen LogP contribution in [0.25, 0.3) is 0 Å². The predicted octanol–water partition coefficient (Wildman–Crippen LogP) is 6.98. The van der Waals surface area contributed by atoms with Crippen molar-refractivity contribution in [2.24, 2.45) is 50.2 Å². The van der Waals surface area contributed by atoms with Crippen molar-refractivity contribution >= 4 is 23.9 Å². The lowest BCUT2D eigenvalue weighted by atomic mass is 9.34. The first-order valence-corrected chi connectivity index (χ1v) is 17.1. The molecule has 0 saturated heterocycles. The molecule has 252 valence electrons. The van der Waals surface area contributed by atoms with E-state index in [4.69, 9.17) is 18.9 Å². The van der Waals surface area contributed by atoms with Crippen LogP contribution in [0.2, 0.25) is 0 Å². The van der Waals surface area contributed by atoms with Gasteiger partial charge in [-0.15, -0.1) is 0 Å². The van der Waals surface area contributed by atoms with Gasteiger partial charge in [-0.2, -0.15) is 0 Å². The van der Waals surface area contributed by atoms with Crippen LogP contribution in [0.4, 0.5) is 0 Å². The molecule has 8 heteroatoms. The highest BCUT2D eigenvalue weighted by molar-refractivity contribution is 5.78. The molecule has 4 fully saturated rings. The van der Waals surface area contributed by atoms with Crippen LogP contribution in [0.15, 0.2) is 11.6 Å². The van der Waals surface area contributed by atoms with Crippen LogP contribution >= 0.6 is 0 Å². The third kappa shape index (κ3) is 5.15. The zero-order valence-electron chi connectivity index (χ0n) is 29.3. The maximum atomic E-state index is 13.7. The predicted molar refractivity (Wildman–Crippen MR) is 169 cm³/mol. The molecule has 0 aromatic carbocycles. The largest absolute Gasteiger partial charge is 0.469 e. The number of carbonyl (C=O) groups excluding carboxylic acids is 4. The first-order valence-electron chi connectivity index (χ1n) is 17.1. The quantitative estimate of drug-likeness (QED) is 0.183. The van der Waals surface area contributed by atoms with Crippen molar-refractivity contribution in [2.45, 2.75) is 132 Å². The molecule has 5 rings (SSSR count). The molecule has 0 aliphatic heterocycles. The summed E-state index contributed by atoms with van der Waals surface area (Å²) in [6.45, 7) is 18.3. The van der Waals surface area contributed by atoms with E-state index >= 15 is 0 Å². The Balaban J connectivity index is 1.65. The average Bonchev–Trinajstić information content (AvgIpc) is 2.92. The first-order chi connectivity index (χ1) is 20.8. The van der Waals surface area contributed by atoms with Crippen molar-refractivity contribution in [3.8, 4) is 0 Å². The maximum Gasteiger partial charge on any atom is 0.312 e. The topological polar surface area (TPSA) is 105 Å². The normalized spacial score (nSPS) is 44.8. The third-order valence-corrected chi connectivity index (χ3v) is 13.8. The van der Waals surface area contributed by atoms with E-state index in [0.717, 1.165) is 38.5 Å². The number of allylic oxidation sites excluding steroid dienone is 2. The fourth-order valence-corrected chi connectivity index (χ4v) is 12.2. The van der Waals surface area contributed by atoms with Crippen molar-refractivity contribution < 1.29 is 38.1 Å². The van der Waals surface area contributed by atoms with Gasteiger partial charge in [-0.05, 0) is 91.3 Å². The molecule has 10 atom stereocenters. The second-order valence-electron chi connectivity index (χ2n) is 17.1. The van der Waals surface area contributed by atoms with Gasteiger partial charge in [0.25, 0.3) is 0 Å². The minimum atomic E-state index is -0.596. The summed E-state index contributed by atoms with van der Waals surface area (Å²) in [5.41, 5.74) is -0.606. The van der Waals surface area contributed by atoms with Crippen molar-refractivity contribution in [3.63, 3.8) is 0 Å². The number of fused-ring (bicyclic) bond motifs is 7. The van der Waals surface area contributed by atoms with E-state index in [9.17, 15) is 19.2 Å². The molecule has 0 N–H and O–H groups in total. The van der Waals surface area contributed by atoms with Gasteiger partial charge in [0.05, 0.1) is 12.5 Å². The van der Waals surface area contributed by atoms with Crippen LogP contribution in [0, 0.1) is 50.2 Å². The molecule has 8 nitrogen and oxygen atoms in total. The van der Waals surface area contributed by atoms with E-state index in [2.05, 4.69) is 47.6 Å². The Hall–Kier alpha value is -2.38. The molecule has 0 aromatic rings. The van der Waals surface area contributed by atoms with E-state index < -0.39 is 10.8 Å². The minimum absolute atomic E-state index is 0.00383. The number of ether oxygens (including phenoxy) is 4. The maximum absolute atomic E-state index is 13.7. The molecule has 0 amide bonds. The van der Waals surface area contributed by atoms with Crippen LogP contribution in [0.5, 0.6) is 0 Å². The summed E-state index contributed by atoms with van der Waals surface area (Å²) in [7, 11) is 1.51. The van der Waals surface area contributed by atoms with E-state index in [0.29, 0.717) is 19.3 Å². The molecule has 0 unspecified atom stereocenters. The van der Waals surface area contributed by atoms with E-state index in [-0.39, 0.29) is 82.1 Å². The molecular weight excluding hydrogens is 572 g/mol. The first kappa shape index (κ1) is 34.0. The van der Waals surface area contributed by atoms with Gasteiger partial charge >= 0.3 is 23.9 Å². The second-order valence-corrected chi connectivity index (χ2v) is 17.1. The summed E-state index contributed by atoms with van der Waals surface area (Å²) in [5.74, 6) is -0.957. The monoisotopic (exact) mass is 628 g/mol. The molecule has 4 saturated carbocycles. The van der Waals surface area contributed by atoms with Gasteiger partial charge in [0, 0.05) is 32.1 Å².